The Labute approximate surface area is 185 Å². The number of likely N-dealkylation sites (tertiary alicyclic amines) is 1. The lowest BCUT2D eigenvalue weighted by Gasteiger charge is -2.44. The van der Waals surface area contributed by atoms with Crippen LogP contribution in [-0.2, 0) is 16.6 Å². The van der Waals surface area contributed by atoms with Crippen LogP contribution in [0, 0.1) is 12.8 Å². The highest BCUT2D eigenvalue weighted by Crippen LogP contribution is 2.43. The van der Waals surface area contributed by atoms with Gasteiger partial charge in [-0.1, -0.05) is 90.5 Å². The molecule has 1 saturated heterocycles. The summed E-state index contributed by atoms with van der Waals surface area (Å²) in [4.78, 5) is 15.8. The zero-order valence-corrected chi connectivity index (χ0v) is 18.3. The number of hydrogen-bond donors (Lipinski definition) is 1. The van der Waals surface area contributed by atoms with Gasteiger partial charge in [-0.05, 0) is 55.3 Å². The molecule has 1 fully saturated rings. The number of amides is 1. The summed E-state index contributed by atoms with van der Waals surface area (Å²) in [6.45, 7) is 5.06. The van der Waals surface area contributed by atoms with Gasteiger partial charge in [0.25, 0.3) is 0 Å². The molecule has 3 aromatic carbocycles. The lowest BCUT2D eigenvalue weighted by Crippen LogP contribution is -2.53. The van der Waals surface area contributed by atoms with Gasteiger partial charge in [0.15, 0.2) is 0 Å². The smallest absolute Gasteiger partial charge is 0.232 e. The number of benzene rings is 3. The normalized spacial score (nSPS) is 17.4. The van der Waals surface area contributed by atoms with E-state index in [4.69, 9.17) is 5.73 Å². The summed E-state index contributed by atoms with van der Waals surface area (Å²) in [7, 11) is 0. The maximum Gasteiger partial charge on any atom is 0.232 e. The SMILES string of the molecule is Cc1ccc(CCN2CCC[C@H](C(C(N)=O)(c3ccccc3)c3ccccc3)C2)cc1. The van der Waals surface area contributed by atoms with Crippen LogP contribution in [0.15, 0.2) is 84.9 Å². The summed E-state index contributed by atoms with van der Waals surface area (Å²) in [6.07, 6.45) is 3.09. The number of rotatable bonds is 7. The van der Waals surface area contributed by atoms with E-state index in [9.17, 15) is 4.79 Å². The fraction of sp³-hybridized carbons (Fsp3) is 0.321. The summed E-state index contributed by atoms with van der Waals surface area (Å²) in [5.41, 5.74) is 10.1. The van der Waals surface area contributed by atoms with Crippen molar-refractivity contribution in [3.8, 4) is 0 Å². The van der Waals surface area contributed by atoms with Crippen LogP contribution < -0.4 is 5.73 Å². The number of primary amides is 1. The first-order chi connectivity index (χ1) is 15.1. The Morgan fingerprint density at radius 3 is 2.06 bits per heavy atom. The average Bonchev–Trinajstić information content (AvgIpc) is 2.81. The van der Waals surface area contributed by atoms with Gasteiger partial charge in [0.05, 0.1) is 0 Å². The second-order valence-corrected chi connectivity index (χ2v) is 8.78. The maximum absolute atomic E-state index is 13.2. The molecule has 1 aliphatic rings. The molecule has 1 aliphatic heterocycles. The van der Waals surface area contributed by atoms with Crippen LogP contribution in [0.3, 0.4) is 0 Å². The van der Waals surface area contributed by atoms with Crippen molar-refractivity contribution >= 4 is 5.91 Å². The molecule has 2 N–H and O–H groups in total. The Morgan fingerprint density at radius 1 is 0.935 bits per heavy atom. The number of nitrogens with two attached hydrogens (primary N) is 1. The highest BCUT2D eigenvalue weighted by molar-refractivity contribution is 5.91. The van der Waals surface area contributed by atoms with E-state index in [1.54, 1.807) is 0 Å². The molecular formula is C28H32N2O. The minimum atomic E-state index is -0.814. The Balaban J connectivity index is 1.63. The number of aryl methyl sites for hydroxylation is 1. The van der Waals surface area contributed by atoms with Crippen LogP contribution in [0.25, 0.3) is 0 Å². The van der Waals surface area contributed by atoms with E-state index in [1.807, 2.05) is 36.4 Å². The Bertz CT molecular complexity index is 943. The summed E-state index contributed by atoms with van der Waals surface area (Å²) in [5.74, 6) is -0.114. The number of piperidine rings is 1. The van der Waals surface area contributed by atoms with Gasteiger partial charge in [-0.25, -0.2) is 0 Å². The predicted molar refractivity (Wildman–Crippen MR) is 127 cm³/mol. The van der Waals surface area contributed by atoms with E-state index in [1.165, 1.54) is 11.1 Å². The van der Waals surface area contributed by atoms with Gasteiger partial charge in [0.2, 0.25) is 5.91 Å². The van der Waals surface area contributed by atoms with Crippen molar-refractivity contribution in [2.75, 3.05) is 19.6 Å². The molecule has 0 aliphatic carbocycles. The van der Waals surface area contributed by atoms with Crippen molar-refractivity contribution in [1.29, 1.82) is 0 Å². The van der Waals surface area contributed by atoms with Crippen molar-refractivity contribution in [3.63, 3.8) is 0 Å². The molecule has 3 aromatic rings. The zero-order valence-electron chi connectivity index (χ0n) is 18.3. The highest BCUT2D eigenvalue weighted by atomic mass is 16.1. The van der Waals surface area contributed by atoms with E-state index in [-0.39, 0.29) is 11.8 Å². The van der Waals surface area contributed by atoms with Gasteiger partial charge >= 0.3 is 0 Å². The maximum atomic E-state index is 13.2. The third-order valence-corrected chi connectivity index (χ3v) is 6.80. The molecule has 0 aromatic heterocycles. The first kappa shape index (κ1) is 21.3. The molecular weight excluding hydrogens is 380 g/mol. The molecule has 1 amide bonds. The predicted octanol–water partition coefficient (Wildman–Crippen LogP) is 4.72. The van der Waals surface area contributed by atoms with Crippen LogP contribution in [0.2, 0.25) is 0 Å². The fourth-order valence-electron chi connectivity index (χ4n) is 5.18. The first-order valence-electron chi connectivity index (χ1n) is 11.3. The Kier molecular flexibility index (Phi) is 6.53. The average molecular weight is 413 g/mol. The summed E-state index contributed by atoms with van der Waals surface area (Å²) >= 11 is 0. The van der Waals surface area contributed by atoms with Gasteiger partial charge in [-0.15, -0.1) is 0 Å². The fourth-order valence-corrected chi connectivity index (χ4v) is 5.18. The topological polar surface area (TPSA) is 46.3 Å². The molecule has 4 rings (SSSR count). The minimum absolute atomic E-state index is 0.140. The van der Waals surface area contributed by atoms with Gasteiger partial charge in [0, 0.05) is 13.1 Å². The van der Waals surface area contributed by atoms with Gasteiger partial charge in [-0.3, -0.25) is 4.79 Å². The van der Waals surface area contributed by atoms with Crippen LogP contribution in [0.1, 0.15) is 35.1 Å². The van der Waals surface area contributed by atoms with Crippen LogP contribution >= 0.6 is 0 Å². The molecule has 0 bridgehead atoms. The van der Waals surface area contributed by atoms with Crippen molar-refractivity contribution < 1.29 is 4.79 Å². The minimum Gasteiger partial charge on any atom is -0.369 e. The van der Waals surface area contributed by atoms with E-state index < -0.39 is 5.41 Å². The number of carbonyl (C=O) groups excluding carboxylic acids is 1. The lowest BCUT2D eigenvalue weighted by atomic mass is 9.63. The van der Waals surface area contributed by atoms with Crippen LogP contribution in [0.4, 0.5) is 0 Å². The van der Waals surface area contributed by atoms with Crippen LogP contribution in [-0.4, -0.2) is 30.4 Å². The van der Waals surface area contributed by atoms with Gasteiger partial charge < -0.3 is 10.6 Å². The quantitative estimate of drug-likeness (QED) is 0.610. The van der Waals surface area contributed by atoms with Crippen molar-refractivity contribution in [2.24, 2.45) is 11.7 Å². The molecule has 1 heterocycles. The highest BCUT2D eigenvalue weighted by Gasteiger charge is 2.48. The molecule has 0 unspecified atom stereocenters. The molecule has 31 heavy (non-hydrogen) atoms. The van der Waals surface area contributed by atoms with Gasteiger partial charge in [-0.2, -0.15) is 0 Å². The molecule has 3 nitrogen and oxygen atoms in total. The Morgan fingerprint density at radius 2 is 1.52 bits per heavy atom. The molecule has 160 valence electrons. The summed E-state index contributed by atoms with van der Waals surface area (Å²) in [5, 5.41) is 0. The van der Waals surface area contributed by atoms with Crippen LogP contribution in [0.5, 0.6) is 0 Å². The third kappa shape index (κ3) is 4.42. The number of carbonyl (C=O) groups is 1. The zero-order chi connectivity index (χ0) is 21.7. The molecule has 0 radical (unpaired) electrons. The lowest BCUT2D eigenvalue weighted by molar-refractivity contribution is -0.124. The van der Waals surface area contributed by atoms with Crippen molar-refractivity contribution in [2.45, 2.75) is 31.6 Å². The van der Waals surface area contributed by atoms with Crippen molar-refractivity contribution in [3.05, 3.63) is 107 Å². The number of hydrogen-bond acceptors (Lipinski definition) is 2. The first-order valence-corrected chi connectivity index (χ1v) is 11.3. The molecule has 1 atom stereocenters. The van der Waals surface area contributed by atoms with E-state index in [2.05, 4.69) is 60.4 Å². The van der Waals surface area contributed by atoms with E-state index in [0.717, 1.165) is 50.0 Å². The van der Waals surface area contributed by atoms with Crippen molar-refractivity contribution in [1.82, 2.24) is 4.90 Å². The van der Waals surface area contributed by atoms with E-state index >= 15 is 0 Å². The monoisotopic (exact) mass is 412 g/mol. The Hall–Kier alpha value is -2.91. The van der Waals surface area contributed by atoms with Gasteiger partial charge in [0.1, 0.15) is 5.41 Å². The molecule has 0 saturated carbocycles. The summed E-state index contributed by atoms with van der Waals surface area (Å²) < 4.78 is 0. The largest absolute Gasteiger partial charge is 0.369 e. The molecule has 3 heteroatoms. The van der Waals surface area contributed by atoms with E-state index in [0.29, 0.717) is 0 Å². The third-order valence-electron chi connectivity index (χ3n) is 6.80. The second kappa shape index (κ2) is 9.49. The molecule has 0 spiro atoms. The standard InChI is InChI=1S/C28H32N2O/c1-22-14-16-23(17-15-22)18-20-30-19-8-13-26(21-30)28(27(29)31,24-9-4-2-5-10-24)25-11-6-3-7-12-25/h2-7,9-12,14-17,26H,8,13,18-21H2,1H3,(H2,29,31)/t26-/m0/s1. The summed E-state index contributed by atoms with van der Waals surface area (Å²) in [6, 6.07) is 29.1. The second-order valence-electron chi connectivity index (χ2n) is 8.78. The number of nitrogens with zero attached hydrogens (tertiary/aromatic N) is 1.